The summed E-state index contributed by atoms with van der Waals surface area (Å²) < 4.78 is 0. The zero-order valence-corrected chi connectivity index (χ0v) is 5.72. The molecule has 0 spiro atoms. The first-order valence-electron chi connectivity index (χ1n) is 3.53. The average molecular weight is 134 g/mol. The SMILES string of the molecule is c1ccc2c(c1)=[NH+]CC[NH+]=2. The van der Waals surface area contributed by atoms with Crippen molar-refractivity contribution in [3.05, 3.63) is 35.0 Å². The monoisotopic (exact) mass is 134 g/mol. The van der Waals surface area contributed by atoms with Gasteiger partial charge in [0, 0.05) is 12.1 Å². The van der Waals surface area contributed by atoms with Crippen LogP contribution in [0.4, 0.5) is 0 Å². The van der Waals surface area contributed by atoms with Gasteiger partial charge in [0.25, 0.3) is 10.7 Å². The molecule has 0 bridgehead atoms. The summed E-state index contributed by atoms with van der Waals surface area (Å²) in [7, 11) is 0. The minimum absolute atomic E-state index is 1.02. The number of hydrogen-bond acceptors (Lipinski definition) is 0. The molecule has 0 fully saturated rings. The van der Waals surface area contributed by atoms with E-state index in [9.17, 15) is 0 Å². The van der Waals surface area contributed by atoms with Crippen LogP contribution in [-0.4, -0.2) is 13.1 Å². The van der Waals surface area contributed by atoms with Gasteiger partial charge in [-0.25, -0.2) is 9.98 Å². The Balaban J connectivity index is 2.84. The molecule has 1 aromatic carbocycles. The third-order valence-electron chi connectivity index (χ3n) is 1.68. The summed E-state index contributed by atoms with van der Waals surface area (Å²) >= 11 is 0. The predicted octanol–water partition coefficient (Wildman–Crippen LogP) is -3.90. The number of fused-ring (bicyclic) bond motifs is 1. The highest BCUT2D eigenvalue weighted by Crippen LogP contribution is 1.64. The second-order valence-corrected chi connectivity index (χ2v) is 2.40. The molecule has 2 heteroatoms. The molecule has 2 N–H and O–H groups in total. The van der Waals surface area contributed by atoms with E-state index < -0.39 is 0 Å². The van der Waals surface area contributed by atoms with E-state index in [1.807, 2.05) is 12.1 Å². The van der Waals surface area contributed by atoms with Gasteiger partial charge in [-0.1, -0.05) is 12.1 Å². The van der Waals surface area contributed by atoms with Gasteiger partial charge in [0.1, 0.15) is 0 Å². The van der Waals surface area contributed by atoms with Crippen LogP contribution < -0.4 is 20.7 Å². The summed E-state index contributed by atoms with van der Waals surface area (Å²) in [6.45, 7) is 2.05. The molecule has 1 heterocycles. The highest BCUT2D eigenvalue weighted by Gasteiger charge is 2.03. The molecule has 0 radical (unpaired) electrons. The van der Waals surface area contributed by atoms with Crippen LogP contribution in [0.25, 0.3) is 0 Å². The maximum Gasteiger partial charge on any atom is 0.270 e. The molecule has 1 aromatic rings. The van der Waals surface area contributed by atoms with E-state index in [1.54, 1.807) is 0 Å². The molecule has 2 rings (SSSR count). The van der Waals surface area contributed by atoms with Crippen molar-refractivity contribution in [1.82, 2.24) is 0 Å². The van der Waals surface area contributed by atoms with Gasteiger partial charge >= 0.3 is 0 Å². The van der Waals surface area contributed by atoms with Crippen LogP contribution in [0.15, 0.2) is 24.3 Å². The molecule has 2 nitrogen and oxygen atoms in total. The first-order valence-corrected chi connectivity index (χ1v) is 3.53. The lowest BCUT2D eigenvalue weighted by molar-refractivity contribution is -0.606. The Labute approximate surface area is 58.9 Å². The van der Waals surface area contributed by atoms with Crippen molar-refractivity contribution in [2.24, 2.45) is 0 Å². The Morgan fingerprint density at radius 2 is 1.40 bits per heavy atom. The largest absolute Gasteiger partial charge is 0.270 e. The Kier molecular flexibility index (Phi) is 1.24. The zero-order valence-electron chi connectivity index (χ0n) is 5.72. The standard InChI is InChI=1S/C8H8N2/c1-2-4-8-7(3-1)9-5-6-10-8/h1-4H,5-6H2/p+2. The number of benzene rings is 1. The van der Waals surface area contributed by atoms with Gasteiger partial charge in [-0.2, -0.15) is 0 Å². The van der Waals surface area contributed by atoms with Gasteiger partial charge in [-0.15, -0.1) is 0 Å². The van der Waals surface area contributed by atoms with Crippen LogP contribution in [0.5, 0.6) is 0 Å². The van der Waals surface area contributed by atoms with Crippen molar-refractivity contribution < 1.29 is 9.98 Å². The third kappa shape index (κ3) is 0.817. The van der Waals surface area contributed by atoms with Gasteiger partial charge < -0.3 is 0 Å². The fraction of sp³-hybridized carbons (Fsp3) is 0.250. The molecular weight excluding hydrogens is 124 g/mol. The zero-order chi connectivity index (χ0) is 6.81. The normalized spacial score (nSPS) is 14.8. The van der Waals surface area contributed by atoms with Gasteiger partial charge in [0.05, 0.1) is 0 Å². The third-order valence-corrected chi connectivity index (χ3v) is 1.68. The van der Waals surface area contributed by atoms with Crippen molar-refractivity contribution >= 4 is 0 Å². The van der Waals surface area contributed by atoms with Crippen molar-refractivity contribution in [3.8, 4) is 0 Å². The Bertz CT molecular complexity index is 306. The summed E-state index contributed by atoms with van der Waals surface area (Å²) in [5.74, 6) is 0. The van der Waals surface area contributed by atoms with Gasteiger partial charge in [-0.3, -0.25) is 0 Å². The van der Waals surface area contributed by atoms with Crippen LogP contribution in [0.2, 0.25) is 0 Å². The number of nitrogens with one attached hydrogen (secondary N) is 2. The lowest BCUT2D eigenvalue weighted by Gasteiger charge is -1.85. The van der Waals surface area contributed by atoms with Crippen molar-refractivity contribution in [2.45, 2.75) is 0 Å². The average Bonchev–Trinajstić information content (AvgIpc) is 2.05. The highest BCUT2D eigenvalue weighted by atomic mass is 14.8. The molecule has 0 aliphatic carbocycles. The Morgan fingerprint density at radius 3 is 1.90 bits per heavy atom. The lowest BCUT2D eigenvalue weighted by atomic mass is 10.3. The highest BCUT2D eigenvalue weighted by molar-refractivity contribution is 4.96. The molecule has 0 atom stereocenters. The fourth-order valence-corrected chi connectivity index (χ4v) is 1.19. The van der Waals surface area contributed by atoms with Gasteiger partial charge in [0.15, 0.2) is 13.1 Å². The molecule has 1 aliphatic rings. The van der Waals surface area contributed by atoms with E-state index in [-0.39, 0.29) is 0 Å². The van der Waals surface area contributed by atoms with Crippen molar-refractivity contribution in [2.75, 3.05) is 13.1 Å². The molecule has 1 aliphatic heterocycles. The van der Waals surface area contributed by atoms with E-state index in [1.165, 1.54) is 10.7 Å². The summed E-state index contributed by atoms with van der Waals surface area (Å²) in [4.78, 5) is 6.60. The second-order valence-electron chi connectivity index (χ2n) is 2.40. The lowest BCUT2D eigenvalue weighted by Crippen LogP contribution is -2.97. The van der Waals surface area contributed by atoms with Crippen LogP contribution in [0.3, 0.4) is 0 Å². The minimum atomic E-state index is 1.02. The van der Waals surface area contributed by atoms with Crippen molar-refractivity contribution in [1.29, 1.82) is 0 Å². The maximum atomic E-state index is 3.30. The van der Waals surface area contributed by atoms with E-state index in [0.29, 0.717) is 0 Å². The predicted molar refractivity (Wildman–Crippen MR) is 35.6 cm³/mol. The topological polar surface area (TPSA) is 27.9 Å². The Hall–Kier alpha value is -1.18. The quantitative estimate of drug-likeness (QED) is 0.363. The summed E-state index contributed by atoms with van der Waals surface area (Å²) in [6.07, 6.45) is 0. The molecule has 0 amide bonds. The molecular formula is C8H10N2+2. The van der Waals surface area contributed by atoms with E-state index in [4.69, 9.17) is 0 Å². The smallest absolute Gasteiger partial charge is 0.230 e. The maximum absolute atomic E-state index is 3.30. The number of rotatable bonds is 0. The minimum Gasteiger partial charge on any atom is -0.230 e. The van der Waals surface area contributed by atoms with Crippen molar-refractivity contribution in [3.63, 3.8) is 0 Å². The van der Waals surface area contributed by atoms with Crippen LogP contribution in [-0.2, 0) is 0 Å². The summed E-state index contributed by atoms with van der Waals surface area (Å²) in [6, 6.07) is 8.25. The molecule has 10 heavy (non-hydrogen) atoms. The molecule has 0 aromatic heterocycles. The first kappa shape index (κ1) is 5.59. The summed E-state index contributed by atoms with van der Waals surface area (Å²) in [5.41, 5.74) is 0. The van der Waals surface area contributed by atoms with Gasteiger partial charge in [-0.05, 0) is 0 Å². The van der Waals surface area contributed by atoms with E-state index in [0.717, 1.165) is 13.1 Å². The van der Waals surface area contributed by atoms with Crippen LogP contribution >= 0.6 is 0 Å². The number of hydrogen-bond donors (Lipinski definition) is 2. The van der Waals surface area contributed by atoms with Crippen LogP contribution in [0, 0.1) is 0 Å². The molecule has 0 saturated carbocycles. The molecule has 0 saturated heterocycles. The fourth-order valence-electron chi connectivity index (χ4n) is 1.19. The molecule has 0 unspecified atom stereocenters. The van der Waals surface area contributed by atoms with Crippen LogP contribution in [0.1, 0.15) is 0 Å². The van der Waals surface area contributed by atoms with Gasteiger partial charge in [0.2, 0.25) is 0 Å². The van der Waals surface area contributed by atoms with E-state index in [2.05, 4.69) is 22.1 Å². The summed E-state index contributed by atoms with van der Waals surface area (Å²) in [5, 5.41) is 2.43. The first-order chi connectivity index (χ1) is 4.97. The van der Waals surface area contributed by atoms with E-state index >= 15 is 0 Å². The second kappa shape index (κ2) is 2.21. The molecule has 50 valence electrons. The Morgan fingerprint density at radius 1 is 0.900 bits per heavy atom. The number of para-hydroxylation sites is 2.